The van der Waals surface area contributed by atoms with E-state index in [1.54, 1.807) is 0 Å². The fraction of sp³-hybridized carbons (Fsp3) is 0.706. The first-order chi connectivity index (χ1) is 10.6. The van der Waals surface area contributed by atoms with Gasteiger partial charge in [-0.15, -0.1) is 35.3 Å². The summed E-state index contributed by atoms with van der Waals surface area (Å²) in [6.07, 6.45) is 2.54. The molecule has 4 nitrogen and oxygen atoms in total. The van der Waals surface area contributed by atoms with Crippen molar-refractivity contribution >= 4 is 41.3 Å². The van der Waals surface area contributed by atoms with E-state index in [-0.39, 0.29) is 24.0 Å². The highest BCUT2D eigenvalue weighted by atomic mass is 127. The molecule has 1 N–H and O–H groups in total. The molecule has 0 aliphatic carbocycles. The molecule has 1 saturated heterocycles. The van der Waals surface area contributed by atoms with Crippen molar-refractivity contribution in [2.24, 2.45) is 10.9 Å². The molecule has 2 heterocycles. The lowest BCUT2D eigenvalue weighted by molar-refractivity contribution is 0.270. The van der Waals surface area contributed by atoms with Crippen molar-refractivity contribution < 1.29 is 0 Å². The normalized spacial score (nSPS) is 18.0. The molecule has 1 aromatic heterocycles. The van der Waals surface area contributed by atoms with E-state index in [0.717, 1.165) is 38.1 Å². The Morgan fingerprint density at radius 3 is 2.65 bits per heavy atom. The Bertz CT molecular complexity index is 453. The standard InChI is InChI=1S/C17H30N4S.HI/c1-5-18-17(21-10-8-14(2)9-11-21)19-13-15(20(3)4)16-7-6-12-22-16;/h6-7,12,14-15H,5,8-11,13H2,1-4H3,(H,18,19);1H. The average molecular weight is 450 g/mol. The van der Waals surface area contributed by atoms with Crippen molar-refractivity contribution in [1.29, 1.82) is 0 Å². The summed E-state index contributed by atoms with van der Waals surface area (Å²) >= 11 is 1.82. The molecule has 23 heavy (non-hydrogen) atoms. The largest absolute Gasteiger partial charge is 0.357 e. The maximum Gasteiger partial charge on any atom is 0.193 e. The molecule has 1 aromatic rings. The minimum atomic E-state index is 0. The van der Waals surface area contributed by atoms with Crippen LogP contribution in [0, 0.1) is 5.92 Å². The van der Waals surface area contributed by atoms with Gasteiger partial charge in [-0.2, -0.15) is 0 Å². The zero-order valence-corrected chi connectivity index (χ0v) is 17.9. The van der Waals surface area contributed by atoms with Crippen molar-refractivity contribution in [1.82, 2.24) is 15.1 Å². The summed E-state index contributed by atoms with van der Waals surface area (Å²) in [5, 5.41) is 5.61. The molecule has 0 amide bonds. The van der Waals surface area contributed by atoms with E-state index in [9.17, 15) is 0 Å². The lowest BCUT2D eigenvalue weighted by atomic mass is 10.00. The van der Waals surface area contributed by atoms with E-state index >= 15 is 0 Å². The van der Waals surface area contributed by atoms with Crippen LogP contribution in [-0.2, 0) is 0 Å². The molecule has 0 spiro atoms. The van der Waals surface area contributed by atoms with Crippen LogP contribution in [0.4, 0.5) is 0 Å². The molecule has 1 atom stereocenters. The first kappa shape index (κ1) is 20.7. The summed E-state index contributed by atoms with van der Waals surface area (Å²) in [6, 6.07) is 4.69. The van der Waals surface area contributed by atoms with Crippen LogP contribution < -0.4 is 5.32 Å². The van der Waals surface area contributed by atoms with Crippen LogP contribution in [0.15, 0.2) is 22.5 Å². The summed E-state index contributed by atoms with van der Waals surface area (Å²) in [6.45, 7) is 8.47. The SMILES string of the molecule is CCNC(=NCC(c1cccs1)N(C)C)N1CCC(C)CC1.I. The predicted molar refractivity (Wildman–Crippen MR) is 112 cm³/mol. The van der Waals surface area contributed by atoms with Gasteiger partial charge in [0.2, 0.25) is 0 Å². The van der Waals surface area contributed by atoms with E-state index in [4.69, 9.17) is 4.99 Å². The topological polar surface area (TPSA) is 30.9 Å². The summed E-state index contributed by atoms with van der Waals surface area (Å²) in [4.78, 5) is 11.0. The number of nitrogens with zero attached hydrogens (tertiary/aromatic N) is 3. The second-order valence-electron chi connectivity index (χ2n) is 6.36. The van der Waals surface area contributed by atoms with Gasteiger partial charge >= 0.3 is 0 Å². The number of piperidine rings is 1. The minimum Gasteiger partial charge on any atom is -0.357 e. The van der Waals surface area contributed by atoms with E-state index in [1.165, 1.54) is 17.7 Å². The first-order valence-electron chi connectivity index (χ1n) is 8.35. The van der Waals surface area contributed by atoms with Gasteiger partial charge in [0.25, 0.3) is 0 Å². The number of hydrogen-bond acceptors (Lipinski definition) is 3. The Morgan fingerprint density at radius 2 is 2.13 bits per heavy atom. The molecular formula is C17H31IN4S. The van der Waals surface area contributed by atoms with Crippen LogP contribution in [0.3, 0.4) is 0 Å². The maximum atomic E-state index is 4.94. The van der Waals surface area contributed by atoms with Crippen LogP contribution in [0.5, 0.6) is 0 Å². The third kappa shape index (κ3) is 6.23. The van der Waals surface area contributed by atoms with Crippen molar-refractivity contribution in [2.75, 3.05) is 40.3 Å². The third-order valence-electron chi connectivity index (χ3n) is 4.33. The van der Waals surface area contributed by atoms with Gasteiger partial charge in [0.1, 0.15) is 0 Å². The number of halogens is 1. The molecule has 0 radical (unpaired) electrons. The van der Waals surface area contributed by atoms with Gasteiger partial charge in [0.15, 0.2) is 5.96 Å². The molecule has 2 rings (SSSR count). The van der Waals surface area contributed by atoms with Crippen LogP contribution in [0.25, 0.3) is 0 Å². The van der Waals surface area contributed by atoms with Crippen molar-refractivity contribution in [3.05, 3.63) is 22.4 Å². The van der Waals surface area contributed by atoms with Gasteiger partial charge in [-0.3, -0.25) is 4.99 Å². The van der Waals surface area contributed by atoms with Gasteiger partial charge in [-0.25, -0.2) is 0 Å². The Morgan fingerprint density at radius 1 is 1.43 bits per heavy atom. The highest BCUT2D eigenvalue weighted by molar-refractivity contribution is 14.0. The van der Waals surface area contributed by atoms with Gasteiger partial charge in [0.05, 0.1) is 12.6 Å². The number of hydrogen-bond donors (Lipinski definition) is 1. The minimum absolute atomic E-state index is 0. The number of likely N-dealkylation sites (N-methyl/N-ethyl adjacent to an activating group) is 1. The monoisotopic (exact) mass is 450 g/mol. The number of nitrogens with one attached hydrogen (secondary N) is 1. The zero-order valence-electron chi connectivity index (χ0n) is 14.8. The number of thiophene rings is 1. The van der Waals surface area contributed by atoms with E-state index in [0.29, 0.717) is 6.04 Å². The second kappa shape index (κ2) is 10.5. The predicted octanol–water partition coefficient (Wildman–Crippen LogP) is 3.67. The lowest BCUT2D eigenvalue weighted by Crippen LogP contribution is -2.45. The Labute approximate surface area is 162 Å². The quantitative estimate of drug-likeness (QED) is 0.422. The molecule has 1 unspecified atom stereocenters. The van der Waals surface area contributed by atoms with E-state index in [1.807, 2.05) is 11.3 Å². The molecule has 0 aromatic carbocycles. The maximum absolute atomic E-state index is 4.94. The van der Waals surface area contributed by atoms with E-state index in [2.05, 4.69) is 60.6 Å². The van der Waals surface area contributed by atoms with Crippen LogP contribution in [0.2, 0.25) is 0 Å². The first-order valence-corrected chi connectivity index (χ1v) is 9.22. The Balaban J connectivity index is 0.00000264. The molecule has 0 saturated carbocycles. The molecule has 132 valence electrons. The summed E-state index contributed by atoms with van der Waals surface area (Å²) in [5.74, 6) is 1.93. The summed E-state index contributed by atoms with van der Waals surface area (Å²) in [7, 11) is 4.27. The van der Waals surface area contributed by atoms with Crippen LogP contribution >= 0.6 is 35.3 Å². The number of guanidine groups is 1. The average Bonchev–Trinajstić information content (AvgIpc) is 3.01. The van der Waals surface area contributed by atoms with Crippen LogP contribution in [0.1, 0.15) is 37.6 Å². The molecule has 1 aliphatic heterocycles. The third-order valence-corrected chi connectivity index (χ3v) is 5.30. The zero-order chi connectivity index (χ0) is 15.9. The molecule has 6 heteroatoms. The highest BCUT2D eigenvalue weighted by Crippen LogP contribution is 2.23. The van der Waals surface area contributed by atoms with Gasteiger partial charge in [-0.1, -0.05) is 13.0 Å². The Kier molecular flexibility index (Phi) is 9.46. The second-order valence-corrected chi connectivity index (χ2v) is 7.34. The molecule has 1 aliphatic rings. The van der Waals surface area contributed by atoms with Crippen molar-refractivity contribution in [3.8, 4) is 0 Å². The molecule has 1 fully saturated rings. The number of aliphatic imine (C=N–C) groups is 1. The van der Waals surface area contributed by atoms with Crippen LogP contribution in [-0.4, -0.2) is 56.0 Å². The Hall–Kier alpha value is -0.340. The lowest BCUT2D eigenvalue weighted by Gasteiger charge is -2.33. The fourth-order valence-corrected chi connectivity index (χ4v) is 3.72. The summed E-state index contributed by atoms with van der Waals surface area (Å²) < 4.78 is 0. The fourth-order valence-electron chi connectivity index (χ4n) is 2.81. The van der Waals surface area contributed by atoms with Gasteiger partial charge in [0, 0.05) is 24.5 Å². The van der Waals surface area contributed by atoms with Crippen molar-refractivity contribution in [2.45, 2.75) is 32.7 Å². The number of rotatable bonds is 5. The van der Waals surface area contributed by atoms with Crippen molar-refractivity contribution in [3.63, 3.8) is 0 Å². The number of likely N-dealkylation sites (tertiary alicyclic amines) is 1. The molecule has 0 bridgehead atoms. The van der Waals surface area contributed by atoms with Gasteiger partial charge < -0.3 is 15.1 Å². The highest BCUT2D eigenvalue weighted by Gasteiger charge is 2.20. The smallest absolute Gasteiger partial charge is 0.193 e. The molecular weight excluding hydrogens is 419 g/mol. The van der Waals surface area contributed by atoms with E-state index < -0.39 is 0 Å². The van der Waals surface area contributed by atoms with Gasteiger partial charge in [-0.05, 0) is 51.2 Å². The summed E-state index contributed by atoms with van der Waals surface area (Å²) in [5.41, 5.74) is 0.